The molecule has 2 rings (SSSR count). The summed E-state index contributed by atoms with van der Waals surface area (Å²) in [5, 5.41) is 4.42. The van der Waals surface area contributed by atoms with Crippen LogP contribution in [-0.4, -0.2) is 15.6 Å². The van der Waals surface area contributed by atoms with E-state index in [-0.39, 0.29) is 5.78 Å². The van der Waals surface area contributed by atoms with E-state index in [0.717, 1.165) is 4.47 Å². The zero-order valence-corrected chi connectivity index (χ0v) is 12.7. The second-order valence-electron chi connectivity index (χ2n) is 3.42. The highest BCUT2D eigenvalue weighted by molar-refractivity contribution is 9.10. The molecule has 1 aromatic carbocycles. The van der Waals surface area contributed by atoms with E-state index in [0.29, 0.717) is 20.8 Å². The number of carbonyl (C=O) groups is 1. The molecule has 0 fully saturated rings. The van der Waals surface area contributed by atoms with E-state index < -0.39 is 0 Å². The van der Waals surface area contributed by atoms with Gasteiger partial charge in [0, 0.05) is 17.1 Å². The van der Waals surface area contributed by atoms with Crippen LogP contribution in [0.1, 0.15) is 16.1 Å². The highest BCUT2D eigenvalue weighted by Crippen LogP contribution is 2.26. The Morgan fingerprint density at radius 1 is 1.41 bits per heavy atom. The smallest absolute Gasteiger partial charge is 0.213 e. The molecule has 0 radical (unpaired) electrons. The summed E-state index contributed by atoms with van der Waals surface area (Å²) >= 11 is 12.6. The average Bonchev–Trinajstić information content (AvgIpc) is 2.58. The summed E-state index contributed by atoms with van der Waals surface area (Å²) in [5.41, 5.74) is 0.938. The number of halogens is 3. The molecular formula is C11H7Br2ClN2O. The summed E-state index contributed by atoms with van der Waals surface area (Å²) in [7, 11) is 1.71. The standard InChI is InChI=1S/C11H7Br2ClN2O/c1-16-10(8(13)5-15-16)11(17)7-3-2-6(12)4-9(7)14/h2-5H,1H3. The van der Waals surface area contributed by atoms with Crippen molar-refractivity contribution in [3.05, 3.63) is 49.6 Å². The quantitative estimate of drug-likeness (QED) is 0.745. The molecule has 0 saturated carbocycles. The van der Waals surface area contributed by atoms with Gasteiger partial charge in [-0.3, -0.25) is 9.48 Å². The highest BCUT2D eigenvalue weighted by atomic mass is 79.9. The number of hydrogen-bond donors (Lipinski definition) is 0. The number of benzene rings is 1. The van der Waals surface area contributed by atoms with Crippen LogP contribution in [0.25, 0.3) is 0 Å². The first-order valence-corrected chi connectivity index (χ1v) is 6.64. The average molecular weight is 378 g/mol. The predicted octanol–water partition coefficient (Wildman–Crippen LogP) is 3.83. The lowest BCUT2D eigenvalue weighted by atomic mass is 10.1. The Kier molecular flexibility index (Phi) is 3.70. The third-order valence-electron chi connectivity index (χ3n) is 2.28. The number of rotatable bonds is 2. The van der Waals surface area contributed by atoms with E-state index in [4.69, 9.17) is 11.6 Å². The minimum atomic E-state index is -0.158. The predicted molar refractivity (Wildman–Crippen MR) is 73.5 cm³/mol. The monoisotopic (exact) mass is 376 g/mol. The number of hydrogen-bond acceptors (Lipinski definition) is 2. The number of ketones is 1. The SMILES string of the molecule is Cn1ncc(Br)c1C(=O)c1ccc(Br)cc1Cl. The van der Waals surface area contributed by atoms with Crippen LogP contribution < -0.4 is 0 Å². The fourth-order valence-electron chi connectivity index (χ4n) is 1.47. The third kappa shape index (κ3) is 2.46. The maximum atomic E-state index is 12.3. The molecule has 0 aliphatic heterocycles. The molecule has 0 amide bonds. The summed E-state index contributed by atoms with van der Waals surface area (Å²) in [4.78, 5) is 12.3. The topological polar surface area (TPSA) is 34.9 Å². The van der Waals surface area contributed by atoms with Crippen molar-refractivity contribution < 1.29 is 4.79 Å². The number of nitrogens with zero attached hydrogens (tertiary/aromatic N) is 2. The summed E-state index contributed by atoms with van der Waals surface area (Å²) in [6, 6.07) is 5.16. The van der Waals surface area contributed by atoms with Crippen molar-refractivity contribution in [2.75, 3.05) is 0 Å². The molecule has 17 heavy (non-hydrogen) atoms. The molecule has 6 heteroatoms. The van der Waals surface area contributed by atoms with Crippen LogP contribution in [0.4, 0.5) is 0 Å². The number of carbonyl (C=O) groups excluding carboxylic acids is 1. The van der Waals surface area contributed by atoms with E-state index in [1.54, 1.807) is 31.4 Å². The normalized spacial score (nSPS) is 10.6. The molecule has 1 heterocycles. The van der Waals surface area contributed by atoms with Crippen LogP contribution in [0.15, 0.2) is 33.3 Å². The van der Waals surface area contributed by atoms with Crippen molar-refractivity contribution in [1.29, 1.82) is 0 Å². The van der Waals surface area contributed by atoms with Gasteiger partial charge in [-0.25, -0.2) is 0 Å². The van der Waals surface area contributed by atoms with Gasteiger partial charge in [0.2, 0.25) is 5.78 Å². The van der Waals surface area contributed by atoms with E-state index >= 15 is 0 Å². The molecule has 1 aromatic heterocycles. The van der Waals surface area contributed by atoms with Crippen molar-refractivity contribution in [2.45, 2.75) is 0 Å². The first-order valence-electron chi connectivity index (χ1n) is 4.68. The molecule has 0 bridgehead atoms. The first-order chi connectivity index (χ1) is 8.00. The maximum Gasteiger partial charge on any atom is 0.213 e. The van der Waals surface area contributed by atoms with Gasteiger partial charge in [0.25, 0.3) is 0 Å². The molecule has 3 nitrogen and oxygen atoms in total. The fraction of sp³-hybridized carbons (Fsp3) is 0.0909. The van der Waals surface area contributed by atoms with Crippen LogP contribution in [0.5, 0.6) is 0 Å². The number of aromatic nitrogens is 2. The van der Waals surface area contributed by atoms with Crippen LogP contribution >= 0.6 is 43.5 Å². The molecule has 88 valence electrons. The molecule has 0 aliphatic carbocycles. The summed E-state index contributed by atoms with van der Waals surface area (Å²) in [5.74, 6) is -0.158. The van der Waals surface area contributed by atoms with Crippen LogP contribution in [0, 0.1) is 0 Å². The van der Waals surface area contributed by atoms with Crippen LogP contribution in [0.2, 0.25) is 5.02 Å². The fourth-order valence-corrected chi connectivity index (χ4v) is 2.75. The Morgan fingerprint density at radius 2 is 2.12 bits per heavy atom. The van der Waals surface area contributed by atoms with Gasteiger partial charge >= 0.3 is 0 Å². The molecule has 0 atom stereocenters. The van der Waals surface area contributed by atoms with Gasteiger partial charge in [-0.1, -0.05) is 27.5 Å². The van der Waals surface area contributed by atoms with Crippen molar-refractivity contribution in [2.24, 2.45) is 7.05 Å². The van der Waals surface area contributed by atoms with Crippen LogP contribution in [0.3, 0.4) is 0 Å². The molecular weight excluding hydrogens is 371 g/mol. The minimum Gasteiger partial charge on any atom is -0.287 e. The Bertz CT molecular complexity index is 576. The molecule has 0 spiro atoms. The van der Waals surface area contributed by atoms with Crippen molar-refractivity contribution in [1.82, 2.24) is 9.78 Å². The molecule has 0 saturated heterocycles. The lowest BCUT2D eigenvalue weighted by Crippen LogP contribution is -2.09. The zero-order chi connectivity index (χ0) is 12.6. The van der Waals surface area contributed by atoms with Gasteiger partial charge in [0.05, 0.1) is 15.7 Å². The van der Waals surface area contributed by atoms with Gasteiger partial charge in [0.1, 0.15) is 5.69 Å². The van der Waals surface area contributed by atoms with Gasteiger partial charge in [-0.15, -0.1) is 0 Å². The van der Waals surface area contributed by atoms with E-state index in [9.17, 15) is 4.79 Å². The van der Waals surface area contributed by atoms with Crippen molar-refractivity contribution >= 4 is 49.2 Å². The first kappa shape index (κ1) is 12.8. The summed E-state index contributed by atoms with van der Waals surface area (Å²) < 4.78 is 3.01. The van der Waals surface area contributed by atoms with Gasteiger partial charge in [-0.2, -0.15) is 5.10 Å². The molecule has 2 aromatic rings. The van der Waals surface area contributed by atoms with Gasteiger partial charge < -0.3 is 0 Å². The van der Waals surface area contributed by atoms with Crippen LogP contribution in [-0.2, 0) is 7.05 Å². The minimum absolute atomic E-state index is 0.158. The summed E-state index contributed by atoms with van der Waals surface area (Å²) in [6.45, 7) is 0. The van der Waals surface area contributed by atoms with Gasteiger partial charge in [0.15, 0.2) is 0 Å². The van der Waals surface area contributed by atoms with Gasteiger partial charge in [-0.05, 0) is 34.1 Å². The second-order valence-corrected chi connectivity index (χ2v) is 5.60. The lowest BCUT2D eigenvalue weighted by molar-refractivity contribution is 0.102. The van der Waals surface area contributed by atoms with Crippen molar-refractivity contribution in [3.8, 4) is 0 Å². The van der Waals surface area contributed by atoms with E-state index in [1.165, 1.54) is 4.68 Å². The third-order valence-corrected chi connectivity index (χ3v) is 3.67. The highest BCUT2D eigenvalue weighted by Gasteiger charge is 2.19. The van der Waals surface area contributed by atoms with E-state index in [2.05, 4.69) is 37.0 Å². The maximum absolute atomic E-state index is 12.3. The second kappa shape index (κ2) is 4.92. The molecule has 0 unspecified atom stereocenters. The lowest BCUT2D eigenvalue weighted by Gasteiger charge is -2.05. The zero-order valence-electron chi connectivity index (χ0n) is 8.75. The number of aryl methyl sites for hydroxylation is 1. The Morgan fingerprint density at radius 3 is 2.65 bits per heavy atom. The van der Waals surface area contributed by atoms with Crippen molar-refractivity contribution in [3.63, 3.8) is 0 Å². The molecule has 0 aliphatic rings. The van der Waals surface area contributed by atoms with E-state index in [1.807, 2.05) is 0 Å². The largest absolute Gasteiger partial charge is 0.287 e. The Balaban J connectivity index is 2.51. The Hall–Kier alpha value is -0.650. The Labute approximate surface area is 120 Å². The summed E-state index contributed by atoms with van der Waals surface area (Å²) in [6.07, 6.45) is 1.58. The molecule has 0 N–H and O–H groups in total.